The standard InChI is InChI=1S/C11H16O4/c1-7(2)5-14-6-9-4-10(11(12)13)8(3)15-9/h4,7H,5-6H2,1-3H3,(H,12,13). The zero-order valence-corrected chi connectivity index (χ0v) is 9.24. The van der Waals surface area contributed by atoms with Crippen molar-refractivity contribution in [3.05, 3.63) is 23.2 Å². The van der Waals surface area contributed by atoms with Gasteiger partial charge in [0.15, 0.2) is 0 Å². The van der Waals surface area contributed by atoms with Crippen LogP contribution in [-0.2, 0) is 11.3 Å². The summed E-state index contributed by atoms with van der Waals surface area (Å²) in [5.41, 5.74) is 0.207. The Hall–Kier alpha value is -1.29. The molecular formula is C11H16O4. The van der Waals surface area contributed by atoms with Crippen LogP contribution in [0.15, 0.2) is 10.5 Å². The lowest BCUT2D eigenvalue weighted by Gasteiger charge is -2.03. The van der Waals surface area contributed by atoms with Crippen molar-refractivity contribution in [1.29, 1.82) is 0 Å². The van der Waals surface area contributed by atoms with E-state index in [1.54, 1.807) is 6.92 Å². The third kappa shape index (κ3) is 3.40. The van der Waals surface area contributed by atoms with E-state index in [2.05, 4.69) is 13.8 Å². The molecule has 0 aliphatic rings. The van der Waals surface area contributed by atoms with Crippen molar-refractivity contribution < 1.29 is 19.1 Å². The minimum atomic E-state index is -0.966. The van der Waals surface area contributed by atoms with Crippen molar-refractivity contribution in [2.24, 2.45) is 5.92 Å². The molecule has 0 radical (unpaired) electrons. The van der Waals surface area contributed by atoms with Crippen LogP contribution in [-0.4, -0.2) is 17.7 Å². The van der Waals surface area contributed by atoms with E-state index in [9.17, 15) is 4.79 Å². The number of aryl methyl sites for hydroxylation is 1. The van der Waals surface area contributed by atoms with E-state index in [0.29, 0.717) is 30.7 Å². The molecule has 0 spiro atoms. The fourth-order valence-electron chi connectivity index (χ4n) is 1.22. The normalized spacial score (nSPS) is 10.9. The van der Waals surface area contributed by atoms with E-state index in [4.69, 9.17) is 14.3 Å². The maximum Gasteiger partial charge on any atom is 0.339 e. The lowest BCUT2D eigenvalue weighted by atomic mass is 10.2. The molecule has 0 saturated carbocycles. The van der Waals surface area contributed by atoms with E-state index in [-0.39, 0.29) is 5.56 Å². The van der Waals surface area contributed by atoms with Crippen LogP contribution in [0.1, 0.15) is 35.7 Å². The monoisotopic (exact) mass is 212 g/mol. The average molecular weight is 212 g/mol. The van der Waals surface area contributed by atoms with Crippen molar-refractivity contribution in [3.63, 3.8) is 0 Å². The molecule has 1 aromatic heterocycles. The Morgan fingerprint density at radius 3 is 2.73 bits per heavy atom. The highest BCUT2D eigenvalue weighted by Crippen LogP contribution is 2.15. The summed E-state index contributed by atoms with van der Waals surface area (Å²) in [5.74, 6) is 0.475. The number of carboxylic acids is 1. The van der Waals surface area contributed by atoms with Gasteiger partial charge < -0.3 is 14.3 Å². The van der Waals surface area contributed by atoms with Crippen LogP contribution in [0.4, 0.5) is 0 Å². The smallest absolute Gasteiger partial charge is 0.339 e. The van der Waals surface area contributed by atoms with E-state index in [1.165, 1.54) is 6.07 Å². The number of carboxylic acid groups (broad SMARTS) is 1. The van der Waals surface area contributed by atoms with E-state index in [1.807, 2.05) is 0 Å². The first kappa shape index (κ1) is 11.8. The number of hydrogen-bond acceptors (Lipinski definition) is 3. The van der Waals surface area contributed by atoms with Gasteiger partial charge in [-0.2, -0.15) is 0 Å². The lowest BCUT2D eigenvalue weighted by Crippen LogP contribution is -2.01. The molecule has 1 N–H and O–H groups in total. The van der Waals surface area contributed by atoms with Gasteiger partial charge in [-0.1, -0.05) is 13.8 Å². The van der Waals surface area contributed by atoms with Crippen LogP contribution >= 0.6 is 0 Å². The molecule has 0 fully saturated rings. The Labute approximate surface area is 88.8 Å². The third-order valence-electron chi connectivity index (χ3n) is 1.89. The number of furan rings is 1. The molecular weight excluding hydrogens is 196 g/mol. The van der Waals surface area contributed by atoms with Crippen molar-refractivity contribution in [2.75, 3.05) is 6.61 Å². The number of rotatable bonds is 5. The van der Waals surface area contributed by atoms with Gasteiger partial charge in [0, 0.05) is 6.61 Å². The van der Waals surface area contributed by atoms with Crippen LogP contribution in [0.2, 0.25) is 0 Å². The molecule has 1 rings (SSSR count). The largest absolute Gasteiger partial charge is 0.478 e. The molecule has 84 valence electrons. The number of hydrogen-bond donors (Lipinski definition) is 1. The molecule has 0 aliphatic heterocycles. The molecule has 0 atom stereocenters. The van der Waals surface area contributed by atoms with Crippen LogP contribution in [0.25, 0.3) is 0 Å². The first-order valence-corrected chi connectivity index (χ1v) is 4.91. The third-order valence-corrected chi connectivity index (χ3v) is 1.89. The Morgan fingerprint density at radius 1 is 1.60 bits per heavy atom. The van der Waals surface area contributed by atoms with Gasteiger partial charge in [0.2, 0.25) is 0 Å². The molecule has 0 unspecified atom stereocenters. The second-order valence-corrected chi connectivity index (χ2v) is 3.90. The Kier molecular flexibility index (Phi) is 3.91. The summed E-state index contributed by atoms with van der Waals surface area (Å²) < 4.78 is 10.6. The lowest BCUT2D eigenvalue weighted by molar-refractivity contribution is 0.0695. The van der Waals surface area contributed by atoms with Gasteiger partial charge in [-0.15, -0.1) is 0 Å². The van der Waals surface area contributed by atoms with Crippen molar-refractivity contribution in [3.8, 4) is 0 Å². The zero-order chi connectivity index (χ0) is 11.4. The summed E-state index contributed by atoms with van der Waals surface area (Å²) in [6, 6.07) is 1.51. The Balaban J connectivity index is 2.56. The summed E-state index contributed by atoms with van der Waals surface area (Å²) in [5, 5.41) is 8.79. The minimum absolute atomic E-state index is 0.207. The zero-order valence-electron chi connectivity index (χ0n) is 9.24. The fraction of sp³-hybridized carbons (Fsp3) is 0.545. The highest BCUT2D eigenvalue weighted by Gasteiger charge is 2.13. The first-order chi connectivity index (χ1) is 7.00. The topological polar surface area (TPSA) is 59.7 Å². The second kappa shape index (κ2) is 4.98. The molecule has 1 heterocycles. The molecule has 4 heteroatoms. The van der Waals surface area contributed by atoms with Gasteiger partial charge in [0.1, 0.15) is 23.7 Å². The summed E-state index contributed by atoms with van der Waals surface area (Å²) in [7, 11) is 0. The molecule has 15 heavy (non-hydrogen) atoms. The van der Waals surface area contributed by atoms with Crippen LogP contribution in [0.5, 0.6) is 0 Å². The SMILES string of the molecule is Cc1oc(COCC(C)C)cc1C(=O)O. The van der Waals surface area contributed by atoms with Crippen LogP contribution < -0.4 is 0 Å². The molecule has 0 aliphatic carbocycles. The van der Waals surface area contributed by atoms with Crippen LogP contribution in [0.3, 0.4) is 0 Å². The van der Waals surface area contributed by atoms with Gasteiger partial charge in [-0.3, -0.25) is 0 Å². The maximum atomic E-state index is 10.7. The molecule has 0 amide bonds. The Bertz CT molecular complexity index is 338. The molecule has 0 saturated heterocycles. The summed E-state index contributed by atoms with van der Waals surface area (Å²) in [4.78, 5) is 10.7. The number of ether oxygens (including phenoxy) is 1. The minimum Gasteiger partial charge on any atom is -0.478 e. The van der Waals surface area contributed by atoms with Gasteiger partial charge in [-0.25, -0.2) is 4.79 Å². The van der Waals surface area contributed by atoms with E-state index >= 15 is 0 Å². The molecule has 0 aromatic carbocycles. The van der Waals surface area contributed by atoms with E-state index in [0.717, 1.165) is 0 Å². The predicted molar refractivity (Wildman–Crippen MR) is 54.9 cm³/mol. The first-order valence-electron chi connectivity index (χ1n) is 4.91. The van der Waals surface area contributed by atoms with Crippen molar-refractivity contribution in [2.45, 2.75) is 27.4 Å². The van der Waals surface area contributed by atoms with Gasteiger partial charge in [-0.05, 0) is 18.9 Å². The maximum absolute atomic E-state index is 10.7. The predicted octanol–water partition coefficient (Wildman–Crippen LogP) is 2.46. The van der Waals surface area contributed by atoms with Gasteiger partial charge >= 0.3 is 5.97 Å². The number of carbonyl (C=O) groups is 1. The molecule has 4 nitrogen and oxygen atoms in total. The van der Waals surface area contributed by atoms with Crippen LogP contribution in [0, 0.1) is 12.8 Å². The summed E-state index contributed by atoms with van der Waals surface area (Å²) in [6.07, 6.45) is 0. The summed E-state index contributed by atoms with van der Waals surface area (Å²) >= 11 is 0. The Morgan fingerprint density at radius 2 is 2.27 bits per heavy atom. The highest BCUT2D eigenvalue weighted by atomic mass is 16.5. The van der Waals surface area contributed by atoms with E-state index < -0.39 is 5.97 Å². The number of aromatic carboxylic acids is 1. The second-order valence-electron chi connectivity index (χ2n) is 3.90. The summed E-state index contributed by atoms with van der Waals surface area (Å²) in [6.45, 7) is 6.70. The van der Waals surface area contributed by atoms with Crippen molar-refractivity contribution >= 4 is 5.97 Å². The molecule has 1 aromatic rings. The average Bonchev–Trinajstić information content (AvgIpc) is 2.46. The van der Waals surface area contributed by atoms with Gasteiger partial charge in [0.25, 0.3) is 0 Å². The van der Waals surface area contributed by atoms with Gasteiger partial charge in [0.05, 0.1) is 0 Å². The molecule has 0 bridgehead atoms. The fourth-order valence-corrected chi connectivity index (χ4v) is 1.22. The van der Waals surface area contributed by atoms with Crippen molar-refractivity contribution in [1.82, 2.24) is 0 Å². The quantitative estimate of drug-likeness (QED) is 0.814. The highest BCUT2D eigenvalue weighted by molar-refractivity contribution is 5.88.